The van der Waals surface area contributed by atoms with E-state index in [1.54, 1.807) is 0 Å². The fourth-order valence-corrected chi connectivity index (χ4v) is 3.94. The van der Waals surface area contributed by atoms with E-state index >= 15 is 0 Å². The lowest BCUT2D eigenvalue weighted by Gasteiger charge is -2.26. The fraction of sp³-hybridized carbons (Fsp3) is 0.240. The Hall–Kier alpha value is -3.52. The molecule has 0 saturated carbocycles. The molecule has 5 nitrogen and oxygen atoms in total. The van der Waals surface area contributed by atoms with Crippen LogP contribution in [0.3, 0.4) is 0 Å². The number of fused-ring (bicyclic) bond motifs is 2. The van der Waals surface area contributed by atoms with Gasteiger partial charge in [-0.1, -0.05) is 18.2 Å². The van der Waals surface area contributed by atoms with Crippen LogP contribution >= 0.6 is 0 Å². The molecule has 4 aromatic rings. The average Bonchev–Trinajstić information content (AvgIpc) is 2.84. The van der Waals surface area contributed by atoms with Crippen LogP contribution in [0.1, 0.15) is 12.8 Å². The van der Waals surface area contributed by atoms with E-state index in [-0.39, 0.29) is 6.10 Å². The zero-order chi connectivity index (χ0) is 23.3. The van der Waals surface area contributed by atoms with Crippen molar-refractivity contribution >= 4 is 28.0 Å². The molecule has 2 aromatic heterocycles. The maximum atomic E-state index is 10.4. The van der Waals surface area contributed by atoms with Crippen LogP contribution in [0, 0.1) is 0 Å². The molecule has 0 unspecified atom stereocenters. The Balaban J connectivity index is 0.000000385. The molecule has 0 atom stereocenters. The molecule has 1 N–H and O–H groups in total. The largest absolute Gasteiger partial charge is 0.490 e. The maximum absolute atomic E-state index is 10.4. The summed E-state index contributed by atoms with van der Waals surface area (Å²) < 4.78 is 37.8. The Kier molecular flexibility index (Phi) is 6.84. The first kappa shape index (κ1) is 22.7. The van der Waals surface area contributed by atoms with Gasteiger partial charge in [-0.3, -0.25) is 14.8 Å². The standard InChI is InChI=1S/C23H21N3O.C2HF3O/c1-3-20(19-4-2-11-26-21(19)5-1)23-18-10-14-25-15-16(18)6-7-22(23)27-17-8-12-24-13-9-17;3-2(4,5)1-6/h1-7,10-11,14-15,17,24H,8-9,12-13H2;1H. The highest BCUT2D eigenvalue weighted by Gasteiger charge is 2.25. The molecule has 33 heavy (non-hydrogen) atoms. The van der Waals surface area contributed by atoms with E-state index in [1.807, 2.05) is 24.7 Å². The molecule has 3 heterocycles. The molecule has 0 aliphatic carbocycles. The summed E-state index contributed by atoms with van der Waals surface area (Å²) in [6.45, 7) is 2.02. The summed E-state index contributed by atoms with van der Waals surface area (Å²) >= 11 is 0. The number of alkyl halides is 3. The first-order valence-corrected chi connectivity index (χ1v) is 10.6. The molecular weight excluding hydrogens is 431 g/mol. The summed E-state index contributed by atoms with van der Waals surface area (Å²) in [6.07, 6.45) is 2.21. The Morgan fingerprint density at radius 2 is 1.76 bits per heavy atom. The molecule has 5 rings (SSSR count). The molecule has 1 aliphatic heterocycles. The predicted molar refractivity (Wildman–Crippen MR) is 121 cm³/mol. The van der Waals surface area contributed by atoms with Gasteiger partial charge in [0.1, 0.15) is 11.9 Å². The molecule has 8 heteroatoms. The number of halogens is 3. The maximum Gasteiger partial charge on any atom is 0.446 e. The minimum Gasteiger partial charge on any atom is -0.490 e. The van der Waals surface area contributed by atoms with Crippen LogP contribution in [-0.2, 0) is 4.79 Å². The first-order chi connectivity index (χ1) is 16.0. The third kappa shape index (κ3) is 5.46. The molecule has 1 fully saturated rings. The Morgan fingerprint density at radius 3 is 2.52 bits per heavy atom. The van der Waals surface area contributed by atoms with Gasteiger partial charge in [-0.05, 0) is 67.2 Å². The third-order valence-electron chi connectivity index (χ3n) is 5.41. The van der Waals surface area contributed by atoms with Crippen molar-refractivity contribution in [2.75, 3.05) is 13.1 Å². The van der Waals surface area contributed by atoms with E-state index in [0.717, 1.165) is 64.5 Å². The highest BCUT2D eigenvalue weighted by atomic mass is 19.4. The van der Waals surface area contributed by atoms with E-state index in [9.17, 15) is 13.2 Å². The smallest absolute Gasteiger partial charge is 0.446 e. The zero-order valence-electron chi connectivity index (χ0n) is 17.7. The Bertz CT molecular complexity index is 1250. The van der Waals surface area contributed by atoms with Crippen molar-refractivity contribution in [2.24, 2.45) is 0 Å². The summed E-state index contributed by atoms with van der Waals surface area (Å²) in [5.41, 5.74) is 3.28. The molecule has 2 aromatic carbocycles. The van der Waals surface area contributed by atoms with Gasteiger partial charge in [-0.15, -0.1) is 0 Å². The lowest BCUT2D eigenvalue weighted by molar-refractivity contribution is -0.156. The van der Waals surface area contributed by atoms with Crippen molar-refractivity contribution in [3.8, 4) is 16.9 Å². The lowest BCUT2D eigenvalue weighted by Crippen LogP contribution is -2.34. The molecular formula is C25H22F3N3O2. The number of hydrogen-bond donors (Lipinski definition) is 1. The number of benzene rings is 2. The van der Waals surface area contributed by atoms with Gasteiger partial charge in [0, 0.05) is 34.9 Å². The Labute approximate surface area is 188 Å². The van der Waals surface area contributed by atoms with Crippen LogP contribution < -0.4 is 10.1 Å². The first-order valence-electron chi connectivity index (χ1n) is 10.6. The molecule has 1 saturated heterocycles. The van der Waals surface area contributed by atoms with Crippen molar-refractivity contribution in [3.05, 3.63) is 67.1 Å². The molecule has 0 spiro atoms. The van der Waals surface area contributed by atoms with Crippen LogP contribution in [-0.4, -0.2) is 41.6 Å². The van der Waals surface area contributed by atoms with Crippen molar-refractivity contribution in [1.29, 1.82) is 0 Å². The third-order valence-corrected chi connectivity index (χ3v) is 5.41. The number of piperidine rings is 1. The summed E-state index contributed by atoms with van der Waals surface area (Å²) in [4.78, 5) is 17.5. The van der Waals surface area contributed by atoms with Gasteiger partial charge < -0.3 is 10.1 Å². The van der Waals surface area contributed by atoms with E-state index in [0.29, 0.717) is 0 Å². The number of aromatic nitrogens is 2. The number of hydrogen-bond acceptors (Lipinski definition) is 5. The highest BCUT2D eigenvalue weighted by Crippen LogP contribution is 2.40. The number of pyridine rings is 2. The predicted octanol–water partition coefficient (Wildman–Crippen LogP) is 5.33. The molecule has 170 valence electrons. The van der Waals surface area contributed by atoms with Gasteiger partial charge in [0.25, 0.3) is 0 Å². The summed E-state index contributed by atoms with van der Waals surface area (Å²) in [5, 5.41) is 6.82. The molecule has 0 radical (unpaired) electrons. The van der Waals surface area contributed by atoms with E-state index < -0.39 is 12.5 Å². The van der Waals surface area contributed by atoms with Crippen molar-refractivity contribution in [3.63, 3.8) is 0 Å². The average molecular weight is 453 g/mol. The van der Waals surface area contributed by atoms with Gasteiger partial charge in [-0.25, -0.2) is 0 Å². The van der Waals surface area contributed by atoms with Gasteiger partial charge in [0.2, 0.25) is 6.29 Å². The Morgan fingerprint density at radius 1 is 0.970 bits per heavy atom. The summed E-state index contributed by atoms with van der Waals surface area (Å²) in [7, 11) is 0. The fourth-order valence-electron chi connectivity index (χ4n) is 3.94. The van der Waals surface area contributed by atoms with Crippen LogP contribution in [0.15, 0.2) is 67.1 Å². The van der Waals surface area contributed by atoms with Crippen LogP contribution in [0.4, 0.5) is 13.2 Å². The minimum absolute atomic E-state index is 0.248. The lowest BCUT2D eigenvalue weighted by atomic mass is 9.95. The highest BCUT2D eigenvalue weighted by molar-refractivity contribution is 6.06. The molecule has 0 amide bonds. The van der Waals surface area contributed by atoms with Crippen molar-refractivity contribution in [2.45, 2.75) is 25.1 Å². The second kappa shape index (κ2) is 9.95. The van der Waals surface area contributed by atoms with Gasteiger partial charge >= 0.3 is 6.18 Å². The summed E-state index contributed by atoms with van der Waals surface area (Å²) in [6, 6.07) is 16.7. The minimum atomic E-state index is -4.64. The number of ether oxygens (including phenoxy) is 1. The number of nitrogens with zero attached hydrogens (tertiary/aromatic N) is 2. The monoisotopic (exact) mass is 453 g/mol. The second-order valence-electron chi connectivity index (χ2n) is 7.64. The van der Waals surface area contributed by atoms with Gasteiger partial charge in [0.05, 0.1) is 5.52 Å². The SMILES string of the molecule is O=CC(F)(F)F.c1cc(-c2c(OC3CCNCC3)ccc3cnccc23)c2cccnc2c1. The second-order valence-corrected chi connectivity index (χ2v) is 7.64. The van der Waals surface area contributed by atoms with Crippen LogP contribution in [0.25, 0.3) is 32.8 Å². The van der Waals surface area contributed by atoms with Crippen LogP contribution in [0.2, 0.25) is 0 Å². The van der Waals surface area contributed by atoms with Crippen molar-refractivity contribution < 1.29 is 22.7 Å². The molecule has 1 aliphatic rings. The topological polar surface area (TPSA) is 64.1 Å². The number of aldehydes is 1. The zero-order valence-corrected chi connectivity index (χ0v) is 17.7. The normalized spacial score (nSPS) is 14.5. The van der Waals surface area contributed by atoms with Crippen molar-refractivity contribution in [1.82, 2.24) is 15.3 Å². The van der Waals surface area contributed by atoms with E-state index in [1.165, 1.54) is 0 Å². The number of carbonyl (C=O) groups excluding carboxylic acids is 1. The number of carbonyl (C=O) groups is 1. The quantitative estimate of drug-likeness (QED) is 0.425. The van der Waals surface area contributed by atoms with Gasteiger partial charge in [0.15, 0.2) is 0 Å². The van der Waals surface area contributed by atoms with Crippen LogP contribution in [0.5, 0.6) is 5.75 Å². The number of rotatable bonds is 3. The molecule has 0 bridgehead atoms. The number of nitrogens with one attached hydrogen (secondary N) is 1. The summed E-state index contributed by atoms with van der Waals surface area (Å²) in [5.74, 6) is 0.942. The van der Waals surface area contributed by atoms with Gasteiger partial charge in [-0.2, -0.15) is 13.2 Å². The van der Waals surface area contributed by atoms with E-state index in [2.05, 4.69) is 57.7 Å². The van der Waals surface area contributed by atoms with E-state index in [4.69, 9.17) is 9.53 Å².